The molecule has 0 aromatic heterocycles. The van der Waals surface area contributed by atoms with Crippen LogP contribution in [0.4, 0.5) is 0 Å². The van der Waals surface area contributed by atoms with E-state index in [2.05, 4.69) is 10.5 Å². The molecule has 1 amide bonds. The number of hydrazone groups is 1. The van der Waals surface area contributed by atoms with E-state index in [9.17, 15) is 4.79 Å². The van der Waals surface area contributed by atoms with Crippen molar-refractivity contribution in [3.63, 3.8) is 0 Å². The number of hydrogen-bond donors (Lipinski definition) is 1. The van der Waals surface area contributed by atoms with Gasteiger partial charge in [0.1, 0.15) is 12.4 Å². The van der Waals surface area contributed by atoms with Gasteiger partial charge in [-0.25, -0.2) is 5.43 Å². The fraction of sp³-hybridized carbons (Fsp3) is 0.300. The molecular weight excluding hydrogens is 366 g/mol. The lowest BCUT2D eigenvalue weighted by Crippen LogP contribution is -2.42. The Hall–Kier alpha value is -2.41. The van der Waals surface area contributed by atoms with Gasteiger partial charge < -0.3 is 9.47 Å². The zero-order valence-electron chi connectivity index (χ0n) is 14.9. The SMILES string of the molecule is O=C(CN1CCOCC1)N/N=C/c1ccc(OCc2ccc(Cl)cc2)cc1. The summed E-state index contributed by atoms with van der Waals surface area (Å²) in [5, 5.41) is 4.71. The number of halogens is 1. The number of carbonyl (C=O) groups excluding carboxylic acids is 1. The van der Waals surface area contributed by atoms with Crippen LogP contribution in [0.3, 0.4) is 0 Å². The third-order valence-corrected chi connectivity index (χ3v) is 4.32. The van der Waals surface area contributed by atoms with Crippen molar-refractivity contribution < 1.29 is 14.3 Å². The number of morpholine rings is 1. The quantitative estimate of drug-likeness (QED) is 0.586. The van der Waals surface area contributed by atoms with Gasteiger partial charge in [-0.3, -0.25) is 9.69 Å². The molecule has 0 saturated carbocycles. The maximum absolute atomic E-state index is 11.9. The minimum Gasteiger partial charge on any atom is -0.489 e. The maximum atomic E-state index is 11.9. The molecule has 1 aliphatic heterocycles. The molecule has 1 N–H and O–H groups in total. The molecule has 3 rings (SSSR count). The largest absolute Gasteiger partial charge is 0.489 e. The van der Waals surface area contributed by atoms with Crippen LogP contribution in [-0.2, 0) is 16.1 Å². The fourth-order valence-electron chi connectivity index (χ4n) is 2.57. The highest BCUT2D eigenvalue weighted by molar-refractivity contribution is 6.30. The number of nitrogens with zero attached hydrogens (tertiary/aromatic N) is 2. The van der Waals surface area contributed by atoms with Crippen LogP contribution in [0.15, 0.2) is 53.6 Å². The van der Waals surface area contributed by atoms with Crippen LogP contribution in [0.5, 0.6) is 5.75 Å². The van der Waals surface area contributed by atoms with Crippen molar-refractivity contribution in [3.8, 4) is 5.75 Å². The van der Waals surface area contributed by atoms with Crippen LogP contribution in [0.1, 0.15) is 11.1 Å². The van der Waals surface area contributed by atoms with Crippen LogP contribution in [0.25, 0.3) is 0 Å². The summed E-state index contributed by atoms with van der Waals surface area (Å²) in [5.74, 6) is 0.634. The number of nitrogens with one attached hydrogen (secondary N) is 1. The van der Waals surface area contributed by atoms with E-state index in [1.165, 1.54) is 0 Å². The number of amides is 1. The Kier molecular flexibility index (Phi) is 7.21. The number of ether oxygens (including phenoxy) is 2. The van der Waals surface area contributed by atoms with Gasteiger partial charge in [0, 0.05) is 18.1 Å². The Morgan fingerprint density at radius 1 is 1.15 bits per heavy atom. The summed E-state index contributed by atoms with van der Waals surface area (Å²) in [5.41, 5.74) is 4.47. The zero-order valence-corrected chi connectivity index (χ0v) is 15.7. The van der Waals surface area contributed by atoms with Crippen molar-refractivity contribution in [2.45, 2.75) is 6.61 Å². The smallest absolute Gasteiger partial charge is 0.254 e. The second-order valence-electron chi connectivity index (χ2n) is 6.17. The summed E-state index contributed by atoms with van der Waals surface area (Å²) >= 11 is 5.87. The Labute approximate surface area is 163 Å². The van der Waals surface area contributed by atoms with Gasteiger partial charge in [0.25, 0.3) is 5.91 Å². The Morgan fingerprint density at radius 3 is 2.56 bits per heavy atom. The van der Waals surface area contributed by atoms with Crippen LogP contribution < -0.4 is 10.2 Å². The van der Waals surface area contributed by atoms with Crippen molar-refractivity contribution in [2.24, 2.45) is 5.10 Å². The van der Waals surface area contributed by atoms with E-state index in [4.69, 9.17) is 21.1 Å². The molecule has 2 aromatic rings. The molecule has 142 valence electrons. The summed E-state index contributed by atoms with van der Waals surface area (Å²) in [4.78, 5) is 13.9. The zero-order chi connectivity index (χ0) is 18.9. The average molecular weight is 388 g/mol. The first kappa shape index (κ1) is 19.4. The van der Waals surface area contributed by atoms with Gasteiger partial charge >= 0.3 is 0 Å². The molecule has 0 radical (unpaired) electrons. The van der Waals surface area contributed by atoms with Crippen molar-refractivity contribution >= 4 is 23.7 Å². The van der Waals surface area contributed by atoms with Gasteiger partial charge in [0.2, 0.25) is 0 Å². The molecular formula is C20H22ClN3O3. The van der Waals surface area contributed by atoms with E-state index in [0.29, 0.717) is 31.4 Å². The highest BCUT2D eigenvalue weighted by atomic mass is 35.5. The summed E-state index contributed by atoms with van der Waals surface area (Å²) in [6.45, 7) is 3.69. The van der Waals surface area contributed by atoms with Gasteiger partial charge in [0.15, 0.2) is 0 Å². The lowest BCUT2D eigenvalue weighted by atomic mass is 10.2. The minimum absolute atomic E-state index is 0.129. The van der Waals surface area contributed by atoms with Crippen LogP contribution in [0.2, 0.25) is 5.02 Å². The van der Waals surface area contributed by atoms with E-state index in [1.54, 1.807) is 6.21 Å². The first-order valence-electron chi connectivity index (χ1n) is 8.78. The van der Waals surface area contributed by atoms with Crippen LogP contribution in [-0.4, -0.2) is 49.9 Å². The second-order valence-corrected chi connectivity index (χ2v) is 6.60. The third-order valence-electron chi connectivity index (χ3n) is 4.07. The lowest BCUT2D eigenvalue weighted by molar-refractivity contribution is -0.123. The molecule has 0 atom stereocenters. The molecule has 6 nitrogen and oxygen atoms in total. The Balaban J connectivity index is 1.42. The Morgan fingerprint density at radius 2 is 1.85 bits per heavy atom. The van der Waals surface area contributed by atoms with Crippen molar-refractivity contribution in [3.05, 3.63) is 64.7 Å². The summed E-state index contributed by atoms with van der Waals surface area (Å²) in [7, 11) is 0. The lowest BCUT2D eigenvalue weighted by Gasteiger charge is -2.25. The van der Waals surface area contributed by atoms with E-state index < -0.39 is 0 Å². The fourth-order valence-corrected chi connectivity index (χ4v) is 2.70. The standard InChI is InChI=1S/C20H22ClN3O3/c21-18-5-1-17(2-6-18)15-27-19-7-3-16(4-8-19)13-22-23-20(25)14-24-9-11-26-12-10-24/h1-8,13H,9-12,14-15H2,(H,23,25)/b22-13+. The number of benzene rings is 2. The highest BCUT2D eigenvalue weighted by Crippen LogP contribution is 2.15. The molecule has 2 aromatic carbocycles. The molecule has 27 heavy (non-hydrogen) atoms. The van der Waals surface area contributed by atoms with E-state index in [0.717, 1.165) is 30.0 Å². The van der Waals surface area contributed by atoms with E-state index in [-0.39, 0.29) is 5.91 Å². The number of rotatable bonds is 7. The average Bonchev–Trinajstić information content (AvgIpc) is 2.69. The second kappa shape index (κ2) is 10.1. The highest BCUT2D eigenvalue weighted by Gasteiger charge is 2.13. The van der Waals surface area contributed by atoms with Gasteiger partial charge in [-0.2, -0.15) is 5.10 Å². The van der Waals surface area contributed by atoms with Gasteiger partial charge in [-0.15, -0.1) is 0 Å². The summed E-state index contributed by atoms with van der Waals surface area (Å²) in [6, 6.07) is 15.1. The molecule has 0 bridgehead atoms. The molecule has 0 aliphatic carbocycles. The predicted octanol–water partition coefficient (Wildman–Crippen LogP) is 2.70. The van der Waals surface area contributed by atoms with E-state index in [1.807, 2.05) is 53.4 Å². The van der Waals surface area contributed by atoms with Crippen LogP contribution in [0, 0.1) is 0 Å². The Bertz CT molecular complexity index is 757. The normalized spacial score (nSPS) is 15.0. The van der Waals surface area contributed by atoms with Crippen molar-refractivity contribution in [1.82, 2.24) is 10.3 Å². The predicted molar refractivity (Wildman–Crippen MR) is 105 cm³/mol. The molecule has 1 saturated heterocycles. The third kappa shape index (κ3) is 6.67. The van der Waals surface area contributed by atoms with Crippen molar-refractivity contribution in [1.29, 1.82) is 0 Å². The molecule has 0 unspecified atom stereocenters. The van der Waals surface area contributed by atoms with Crippen molar-refractivity contribution in [2.75, 3.05) is 32.8 Å². The number of carbonyl (C=O) groups is 1. The summed E-state index contributed by atoms with van der Waals surface area (Å²) in [6.07, 6.45) is 1.61. The van der Waals surface area contributed by atoms with Crippen LogP contribution >= 0.6 is 11.6 Å². The summed E-state index contributed by atoms with van der Waals surface area (Å²) < 4.78 is 11.0. The topological polar surface area (TPSA) is 63.2 Å². The molecule has 7 heteroatoms. The molecule has 1 heterocycles. The first-order chi connectivity index (χ1) is 13.2. The molecule has 1 aliphatic rings. The monoisotopic (exact) mass is 387 g/mol. The maximum Gasteiger partial charge on any atom is 0.254 e. The first-order valence-corrected chi connectivity index (χ1v) is 9.16. The van der Waals surface area contributed by atoms with Gasteiger partial charge in [0.05, 0.1) is 26.0 Å². The minimum atomic E-state index is -0.129. The van der Waals surface area contributed by atoms with E-state index >= 15 is 0 Å². The molecule has 1 fully saturated rings. The number of hydrogen-bond acceptors (Lipinski definition) is 5. The van der Waals surface area contributed by atoms with Gasteiger partial charge in [-0.05, 0) is 47.5 Å². The molecule has 0 spiro atoms. The van der Waals surface area contributed by atoms with Gasteiger partial charge in [-0.1, -0.05) is 23.7 Å².